The van der Waals surface area contributed by atoms with Gasteiger partial charge in [0.05, 0.1) is 0 Å². The van der Waals surface area contributed by atoms with Crippen LogP contribution in [0.5, 0.6) is 0 Å². The van der Waals surface area contributed by atoms with Crippen LogP contribution in [0.3, 0.4) is 0 Å². The molecule has 0 fully saturated rings. The lowest BCUT2D eigenvalue weighted by atomic mass is 9.93. The lowest BCUT2D eigenvalue weighted by Crippen LogP contribution is -2.21. The fourth-order valence-electron chi connectivity index (χ4n) is 1.16. The monoisotopic (exact) mass is 226 g/mol. The maximum Gasteiger partial charge on any atom is 0.0416 e. The minimum atomic E-state index is -0.0178. The van der Waals surface area contributed by atoms with Crippen molar-refractivity contribution in [3.63, 3.8) is 0 Å². The highest BCUT2D eigenvalue weighted by Crippen LogP contribution is 2.27. The summed E-state index contributed by atoms with van der Waals surface area (Å²) in [5, 5.41) is 0. The number of hydrogen-bond acceptors (Lipinski definition) is 0. The van der Waals surface area contributed by atoms with Crippen molar-refractivity contribution < 1.29 is 0 Å². The first kappa shape index (κ1) is 14.5. The predicted octanol–water partition coefficient (Wildman–Crippen LogP) is 5.13. The Labute approximate surface area is 99.7 Å². The van der Waals surface area contributed by atoms with Crippen LogP contribution in [0.1, 0.15) is 40.5 Å². The van der Waals surface area contributed by atoms with Gasteiger partial charge in [-0.2, -0.15) is 0 Å². The van der Waals surface area contributed by atoms with E-state index in [4.69, 9.17) is 11.6 Å². The second-order valence-corrected chi connectivity index (χ2v) is 5.38. The molecule has 0 bridgehead atoms. The molecule has 0 aliphatic carbocycles. The van der Waals surface area contributed by atoms with Crippen molar-refractivity contribution in [2.75, 3.05) is 0 Å². The van der Waals surface area contributed by atoms with E-state index in [0.717, 1.165) is 0 Å². The van der Waals surface area contributed by atoms with E-state index < -0.39 is 0 Å². The van der Waals surface area contributed by atoms with Crippen molar-refractivity contribution in [2.45, 2.75) is 45.4 Å². The van der Waals surface area contributed by atoms with Crippen molar-refractivity contribution in [3.8, 4) is 0 Å². The van der Waals surface area contributed by atoms with Crippen LogP contribution >= 0.6 is 11.6 Å². The Morgan fingerprint density at radius 1 is 1.00 bits per heavy atom. The highest BCUT2D eigenvalue weighted by Gasteiger charge is 2.20. The number of halogens is 1. The molecule has 0 radical (unpaired) electrons. The van der Waals surface area contributed by atoms with Gasteiger partial charge in [-0.25, -0.2) is 0 Å². The first-order valence-corrected chi connectivity index (χ1v) is 6.05. The third-order valence-corrected chi connectivity index (χ3v) is 2.93. The molecule has 1 atom stereocenters. The summed E-state index contributed by atoms with van der Waals surface area (Å²) in [4.78, 5) is -0.0178. The second-order valence-electron chi connectivity index (χ2n) is 4.41. The van der Waals surface area contributed by atoms with Gasteiger partial charge in [-0.1, -0.05) is 56.7 Å². The lowest BCUT2D eigenvalue weighted by Gasteiger charge is -2.23. The molecule has 0 heterocycles. The summed E-state index contributed by atoms with van der Waals surface area (Å²) in [5.74, 6) is 0.629. The van der Waals surface area contributed by atoms with Crippen molar-refractivity contribution in [2.24, 2.45) is 5.92 Å². The molecule has 1 aromatic rings. The average molecular weight is 227 g/mol. The van der Waals surface area contributed by atoms with E-state index in [1.807, 2.05) is 36.4 Å². The minimum absolute atomic E-state index is 0.0178. The third kappa shape index (κ3) is 8.50. The highest BCUT2D eigenvalue weighted by molar-refractivity contribution is 6.23. The van der Waals surface area contributed by atoms with Gasteiger partial charge in [0.2, 0.25) is 0 Å². The van der Waals surface area contributed by atoms with E-state index in [-0.39, 0.29) is 4.87 Å². The Hall–Kier alpha value is -0.490. The Morgan fingerprint density at radius 3 is 1.47 bits per heavy atom. The lowest BCUT2D eigenvalue weighted by molar-refractivity contribution is 0.418. The molecule has 1 heteroatoms. The number of benzene rings is 1. The van der Waals surface area contributed by atoms with E-state index in [0.29, 0.717) is 5.92 Å². The molecule has 0 saturated heterocycles. The Balaban J connectivity index is 0.000000280. The topological polar surface area (TPSA) is 0 Å². The molecule has 0 aromatic heterocycles. The van der Waals surface area contributed by atoms with Crippen LogP contribution in [0.25, 0.3) is 0 Å². The molecule has 0 nitrogen and oxygen atoms in total. The van der Waals surface area contributed by atoms with Crippen molar-refractivity contribution in [3.05, 3.63) is 36.4 Å². The molecule has 15 heavy (non-hydrogen) atoms. The van der Waals surface area contributed by atoms with Gasteiger partial charge in [0.15, 0.2) is 0 Å². The van der Waals surface area contributed by atoms with E-state index >= 15 is 0 Å². The summed E-state index contributed by atoms with van der Waals surface area (Å²) < 4.78 is 0. The van der Waals surface area contributed by atoms with E-state index in [1.165, 1.54) is 12.8 Å². The number of alkyl halides is 1. The summed E-state index contributed by atoms with van der Waals surface area (Å²) in [5.41, 5.74) is 0. The van der Waals surface area contributed by atoms with Gasteiger partial charge in [-0.15, -0.1) is 11.6 Å². The molecule has 0 saturated carbocycles. The van der Waals surface area contributed by atoms with Crippen molar-refractivity contribution in [1.82, 2.24) is 0 Å². The summed E-state index contributed by atoms with van der Waals surface area (Å²) in [6.45, 7) is 8.55. The molecule has 1 unspecified atom stereocenters. The summed E-state index contributed by atoms with van der Waals surface area (Å²) >= 11 is 6.06. The van der Waals surface area contributed by atoms with Gasteiger partial charge in [-0.05, 0) is 26.2 Å². The molecular weight excluding hydrogens is 204 g/mol. The van der Waals surface area contributed by atoms with Crippen LogP contribution in [0.2, 0.25) is 0 Å². The van der Waals surface area contributed by atoms with Gasteiger partial charge >= 0.3 is 0 Å². The zero-order chi connectivity index (χ0) is 11.7. The number of rotatable bonds is 3. The molecule has 0 amide bonds. The third-order valence-electron chi connectivity index (χ3n) is 2.56. The smallest absolute Gasteiger partial charge is 0.0416 e. The Morgan fingerprint density at radius 2 is 1.33 bits per heavy atom. The maximum absolute atomic E-state index is 6.06. The fraction of sp³-hybridized carbons (Fsp3) is 0.571. The standard InChI is InChI=1S/C8H17Cl.C6H6/c1-5-6-7(2)8(3,4)9;1-2-4-6-5-3-1/h7H,5-6H2,1-4H3;1-6H. The second kappa shape index (κ2) is 7.76. The molecule has 86 valence electrons. The quantitative estimate of drug-likeness (QED) is 0.627. The average Bonchev–Trinajstić information content (AvgIpc) is 2.20. The van der Waals surface area contributed by atoms with Gasteiger partial charge in [0.25, 0.3) is 0 Å². The van der Waals surface area contributed by atoms with Crippen LogP contribution in [0, 0.1) is 5.92 Å². The molecule has 1 rings (SSSR count). The Bertz CT molecular complexity index is 196. The van der Waals surface area contributed by atoms with Crippen LogP contribution in [0.4, 0.5) is 0 Å². The Kier molecular flexibility index (Phi) is 7.50. The zero-order valence-corrected chi connectivity index (χ0v) is 11.1. The van der Waals surface area contributed by atoms with Crippen molar-refractivity contribution in [1.29, 1.82) is 0 Å². The van der Waals surface area contributed by atoms with E-state index in [9.17, 15) is 0 Å². The first-order chi connectivity index (χ1) is 6.98. The minimum Gasteiger partial charge on any atom is -0.120 e. The van der Waals surface area contributed by atoms with Crippen LogP contribution in [0.15, 0.2) is 36.4 Å². The highest BCUT2D eigenvalue weighted by atomic mass is 35.5. The van der Waals surface area contributed by atoms with Gasteiger partial charge in [0.1, 0.15) is 0 Å². The zero-order valence-electron chi connectivity index (χ0n) is 10.3. The van der Waals surface area contributed by atoms with Crippen molar-refractivity contribution >= 4 is 11.6 Å². The molecule has 0 spiro atoms. The number of hydrogen-bond donors (Lipinski definition) is 0. The van der Waals surface area contributed by atoms with Crippen LogP contribution < -0.4 is 0 Å². The molecule has 0 N–H and O–H groups in total. The van der Waals surface area contributed by atoms with Gasteiger partial charge < -0.3 is 0 Å². The van der Waals surface area contributed by atoms with Gasteiger partial charge in [-0.3, -0.25) is 0 Å². The molecular formula is C14H23Cl. The van der Waals surface area contributed by atoms with Crippen LogP contribution in [-0.4, -0.2) is 4.87 Å². The fourth-order valence-corrected chi connectivity index (χ4v) is 1.27. The molecule has 0 aliphatic heterocycles. The van der Waals surface area contributed by atoms with Crippen LogP contribution in [-0.2, 0) is 0 Å². The molecule has 0 aliphatic rings. The predicted molar refractivity (Wildman–Crippen MR) is 70.4 cm³/mol. The summed E-state index contributed by atoms with van der Waals surface area (Å²) in [6, 6.07) is 12.0. The largest absolute Gasteiger partial charge is 0.120 e. The summed E-state index contributed by atoms with van der Waals surface area (Å²) in [7, 11) is 0. The maximum atomic E-state index is 6.06. The summed E-state index contributed by atoms with van der Waals surface area (Å²) in [6.07, 6.45) is 2.47. The van der Waals surface area contributed by atoms with Gasteiger partial charge in [0, 0.05) is 4.87 Å². The molecule has 1 aromatic carbocycles. The first-order valence-electron chi connectivity index (χ1n) is 5.67. The normalized spacial score (nSPS) is 12.6. The SMILES string of the molecule is CCCC(C)C(C)(C)Cl.c1ccccc1. The van der Waals surface area contributed by atoms with E-state index in [1.54, 1.807) is 0 Å². The van der Waals surface area contributed by atoms with E-state index in [2.05, 4.69) is 27.7 Å².